The number of sulfone groups is 2. The normalized spacial score (nSPS) is 12.5. The summed E-state index contributed by atoms with van der Waals surface area (Å²) in [5.41, 5.74) is 16.9. The largest absolute Gasteiger partial charge is 0.494 e. The van der Waals surface area contributed by atoms with Gasteiger partial charge in [-0.3, -0.25) is 43.6 Å². The van der Waals surface area contributed by atoms with Crippen molar-refractivity contribution in [2.24, 2.45) is 10.9 Å². The number of nitrogens with zero attached hydrogens (tertiary/aromatic N) is 12. The molecular weight excluding hydrogens is 1980 g/mol. The Hall–Kier alpha value is -15.3. The predicted octanol–water partition coefficient (Wildman–Crippen LogP) is 25.2. The standard InChI is InChI=1S/C27H29N5O.C26H24N2O4S.C23H25NO3.C22H16F2N2O3S.C21H24ClN3O.ClH/c33-27(29-25-16-9-8-15-24(25)22-12-5-4-6-13-22)17-7-2-1-3-10-19-32-21-26(30-31-32)23-14-11-18-28-20-23;1-18-5-12-23(13-6-18)33(30,31)17-24-19(2)32-26(28-24)22-10-8-21(9-11-22)25(29)14-7-20-4-3-15-27-16-20;25-22(10-7-18-11-12-27-16-18)19-8-5-17(6-9-19)13-23(26)24-14-20-3-1-2-4-21(20)15-24;23-17-11-18(24)13-20(12-17)30(28,29)19-5-1-15(2-6-19)3-7-21(27)16-4-8-22-25-9-10-26(22)14-16;22-19-7-9-21(10-8-19)26-15-5-3-1-2-4-6-20(25-17-23)16-18-11-13-24-14-12-18;/h4-6,8-9,11-16,18,20-21H,1-3,7,10,17,19H2,(H,29,33);3-6,8-13,15-16H,7,14,17H2,1-2H3;1-6,8-9,18H,7,10-16H2;1-2,4-6,8-14H,3,7H2;7-14H,1-6,15-16H2;1H/t;;18-;;;/m..1.../s1. The molecule has 772 valence electrons. The summed E-state index contributed by atoms with van der Waals surface area (Å²) >= 11 is 5.85. The van der Waals surface area contributed by atoms with Crippen LogP contribution in [-0.4, -0.2) is 121 Å². The summed E-state index contributed by atoms with van der Waals surface area (Å²) in [4.78, 5) is 88.7. The zero-order chi connectivity index (χ0) is 105. The highest BCUT2D eigenvalue weighted by atomic mass is 35.5. The van der Waals surface area contributed by atoms with E-state index in [1.165, 1.54) is 29.7 Å². The lowest BCUT2D eigenvalue weighted by atomic mass is 9.97. The van der Waals surface area contributed by atoms with Crippen LogP contribution in [0.3, 0.4) is 0 Å². The van der Waals surface area contributed by atoms with Crippen LogP contribution in [0.4, 0.5) is 14.5 Å². The zero-order valence-electron chi connectivity index (χ0n) is 83.7. The van der Waals surface area contributed by atoms with Gasteiger partial charge in [-0.05, 0) is 238 Å². The lowest BCUT2D eigenvalue weighted by Gasteiger charge is -2.15. The Balaban J connectivity index is 0.000000156. The van der Waals surface area contributed by atoms with Crippen molar-refractivity contribution < 1.29 is 63.5 Å². The second-order valence-corrected chi connectivity index (χ2v) is 40.9. The molecule has 9 heterocycles. The van der Waals surface area contributed by atoms with Gasteiger partial charge in [-0.15, -0.1) is 17.5 Å². The first-order chi connectivity index (χ1) is 72.4. The van der Waals surface area contributed by atoms with Crippen molar-refractivity contribution in [1.29, 1.82) is 5.26 Å². The fraction of sp³-hybridized carbons (Fsp3) is 0.261. The number of Topliss-reactive ketones (excluding diaryl/α,β-unsaturated/α-hetero) is 3. The lowest BCUT2D eigenvalue weighted by molar-refractivity contribution is -0.131. The molecule has 0 aliphatic carbocycles. The van der Waals surface area contributed by atoms with Crippen molar-refractivity contribution in [3.63, 3.8) is 0 Å². The minimum Gasteiger partial charge on any atom is -0.494 e. The van der Waals surface area contributed by atoms with Crippen LogP contribution in [-0.2, 0) is 85.1 Å². The number of aliphatic imine (C=N–C) groups is 1. The third kappa shape index (κ3) is 34.6. The molecule has 31 heteroatoms. The summed E-state index contributed by atoms with van der Waals surface area (Å²) in [6, 6.07) is 78.2. The number of hydrogen-bond donors (Lipinski definition) is 1. The molecule has 16 aromatic rings. The average Bonchev–Trinajstić information content (AvgIpc) is 1.19. The van der Waals surface area contributed by atoms with Crippen LogP contribution in [0.25, 0.3) is 39.5 Å². The van der Waals surface area contributed by atoms with E-state index in [9.17, 15) is 49.6 Å². The van der Waals surface area contributed by atoms with Crippen LogP contribution in [0.15, 0.2) is 353 Å². The highest BCUT2D eigenvalue weighted by molar-refractivity contribution is 7.91. The van der Waals surface area contributed by atoms with Crippen molar-refractivity contribution in [1.82, 2.24) is 49.2 Å². The van der Waals surface area contributed by atoms with Crippen LogP contribution in [0.2, 0.25) is 5.02 Å². The number of pyridine rings is 4. The van der Waals surface area contributed by atoms with Gasteiger partial charge in [0.05, 0.1) is 39.6 Å². The quantitative estimate of drug-likeness (QED) is 0.0161. The number of oxazole rings is 1. The van der Waals surface area contributed by atoms with Crippen molar-refractivity contribution >= 4 is 89.9 Å². The Morgan fingerprint density at radius 3 is 1.83 bits per heavy atom. The number of rotatable bonds is 42. The number of nitriles is 1. The van der Waals surface area contributed by atoms with E-state index in [2.05, 4.69) is 69.8 Å². The van der Waals surface area contributed by atoms with E-state index in [1.807, 2.05) is 168 Å². The van der Waals surface area contributed by atoms with Crippen molar-refractivity contribution in [3.05, 3.63) is 413 Å². The van der Waals surface area contributed by atoms with E-state index in [0.29, 0.717) is 97.6 Å². The Labute approximate surface area is 885 Å². The molecule has 1 saturated heterocycles. The molecule has 1 atom stereocenters. The highest BCUT2D eigenvalue weighted by Crippen LogP contribution is 2.33. The van der Waals surface area contributed by atoms with Gasteiger partial charge in [0.2, 0.25) is 33.7 Å². The van der Waals surface area contributed by atoms with Crippen molar-refractivity contribution in [2.45, 2.75) is 189 Å². The number of anilines is 1. The Morgan fingerprint density at radius 2 is 1.15 bits per heavy atom. The smallest absolute Gasteiger partial charge is 0.227 e. The van der Waals surface area contributed by atoms with Gasteiger partial charge < -0.3 is 28.5 Å². The van der Waals surface area contributed by atoms with Crippen LogP contribution < -0.4 is 10.1 Å². The first-order valence-electron chi connectivity index (χ1n) is 50.0. The van der Waals surface area contributed by atoms with E-state index in [0.717, 1.165) is 206 Å². The molecule has 1 N–H and O–H groups in total. The predicted molar refractivity (Wildman–Crippen MR) is 579 cm³/mol. The number of carbonyl (C=O) groups is 5. The minimum absolute atomic E-state index is 0. The number of ketones is 3. The first kappa shape index (κ1) is 112. The Bertz CT molecular complexity index is 7370. The monoisotopic (exact) mass is 2090 g/mol. The SMILES string of the molecule is Cc1ccc(S(=O)(=O)Cc2nc(-c3ccc(C(=O)CCc4cccnc4)cc3)oc2C)cc1.Cl.N#CN=C(CCCCCCCOc1ccc(Cl)cc1)Cc1ccncc1.O=C(CCCCCCCn1cc(-c2cccnc2)nn1)Nc1ccccc1-c1ccccc1.O=C(CC[C@@H]1CCOC1)c1ccc(CC(=O)N2Cc3ccccc3C2)cc1.O=C(CCc1ccc(S(=O)(=O)c2cc(F)cc(F)c2)cc1)c1ccc2nccn2c1. The lowest BCUT2D eigenvalue weighted by Crippen LogP contribution is -2.26. The number of carbonyl (C=O) groups excluding carboxylic acids is 5. The van der Waals surface area contributed by atoms with Gasteiger partial charge in [0.25, 0.3) is 0 Å². The molecule has 7 aromatic heterocycles. The second-order valence-electron chi connectivity index (χ2n) is 36.5. The molecule has 2 aliphatic heterocycles. The number of nitrogens with one attached hydrogen (secondary N) is 1. The number of para-hydroxylation sites is 1. The third-order valence-corrected chi connectivity index (χ3v) is 29.1. The Kier molecular flexibility index (Phi) is 42.7. The molecule has 18 rings (SSSR count). The van der Waals surface area contributed by atoms with Crippen molar-refractivity contribution in [2.75, 3.05) is 25.1 Å². The number of benzene rings is 9. The minimum atomic E-state index is -4.05. The maximum absolute atomic E-state index is 13.4. The molecule has 0 unspecified atom stereocenters. The first-order valence-corrected chi connectivity index (χ1v) is 53.5. The zero-order valence-corrected chi connectivity index (χ0v) is 86.9. The fourth-order valence-corrected chi connectivity index (χ4v) is 19.7. The summed E-state index contributed by atoms with van der Waals surface area (Å²) in [7, 11) is -7.59. The maximum Gasteiger partial charge on any atom is 0.227 e. The highest BCUT2D eigenvalue weighted by Gasteiger charge is 2.27. The summed E-state index contributed by atoms with van der Waals surface area (Å²) in [5.74, 6) is 0.388. The van der Waals surface area contributed by atoms with Gasteiger partial charge in [-0.2, -0.15) is 10.3 Å². The molecule has 1 fully saturated rings. The number of unbranched alkanes of at least 4 members (excludes halogenated alkanes) is 8. The molecule has 0 radical (unpaired) electrons. The topological polar surface area (TPSA) is 336 Å². The molecule has 150 heavy (non-hydrogen) atoms. The number of fused-ring (bicyclic) bond motifs is 2. The van der Waals surface area contributed by atoms with E-state index in [-0.39, 0.29) is 63.5 Å². The number of amides is 2. The summed E-state index contributed by atoms with van der Waals surface area (Å²) in [5, 5.41) is 21.1. The molecule has 25 nitrogen and oxygen atoms in total. The van der Waals surface area contributed by atoms with Gasteiger partial charge in [0.15, 0.2) is 27.2 Å². The van der Waals surface area contributed by atoms with Gasteiger partial charge in [0, 0.05) is 177 Å². The number of aromatic nitrogens is 9. The fourth-order valence-electron chi connectivity index (χ4n) is 17.0. The molecule has 0 bridgehead atoms. The molecule has 9 aromatic carbocycles. The molecule has 2 amide bonds. The van der Waals surface area contributed by atoms with E-state index in [1.54, 1.807) is 140 Å². The van der Waals surface area contributed by atoms with E-state index < -0.39 is 36.2 Å². The van der Waals surface area contributed by atoms with E-state index >= 15 is 0 Å². The Morgan fingerprint density at radius 1 is 0.547 bits per heavy atom. The number of ether oxygens (including phenoxy) is 2. The maximum atomic E-state index is 13.4. The summed E-state index contributed by atoms with van der Waals surface area (Å²) < 4.78 is 97.9. The second kappa shape index (κ2) is 57.3. The van der Waals surface area contributed by atoms with Gasteiger partial charge >= 0.3 is 0 Å². The molecule has 2 aliphatic rings. The number of halogens is 4. The van der Waals surface area contributed by atoms with Crippen LogP contribution in [0.1, 0.15) is 191 Å². The summed E-state index contributed by atoms with van der Waals surface area (Å²) in [6.07, 6.45) is 37.1. The number of hydrogen-bond acceptors (Lipinski definition) is 21. The van der Waals surface area contributed by atoms with E-state index in [4.69, 9.17) is 30.8 Å². The number of aryl methyl sites for hydroxylation is 5. The van der Waals surface area contributed by atoms with Crippen molar-refractivity contribution in [3.8, 4) is 45.8 Å². The van der Waals surface area contributed by atoms with Crippen LogP contribution in [0.5, 0.6) is 5.75 Å². The molecule has 0 spiro atoms. The van der Waals surface area contributed by atoms with Crippen LogP contribution in [0, 0.1) is 42.9 Å². The molecular formula is C119H119Cl2F2N13O12S2. The molecule has 0 saturated carbocycles. The van der Waals surface area contributed by atoms with Crippen LogP contribution >= 0.6 is 24.0 Å². The average molecular weight is 2100 g/mol. The summed E-state index contributed by atoms with van der Waals surface area (Å²) in [6.45, 7) is 8.18. The number of imidazole rings is 1. The van der Waals surface area contributed by atoms with Gasteiger partial charge in [0.1, 0.15) is 40.2 Å². The van der Waals surface area contributed by atoms with Gasteiger partial charge in [-0.25, -0.2) is 35.6 Å². The third-order valence-electron chi connectivity index (χ3n) is 25.4. The van der Waals surface area contributed by atoms with Gasteiger partial charge in [-0.1, -0.05) is 200 Å².